The van der Waals surface area contributed by atoms with Crippen LogP contribution in [0.3, 0.4) is 0 Å². The number of piperidine rings is 1. The number of aromatic nitrogens is 1. The Kier molecular flexibility index (Phi) is 6.79. The second-order valence-corrected chi connectivity index (χ2v) is 9.59. The largest absolute Gasteiger partial charge is 0.471 e. The highest BCUT2D eigenvalue weighted by molar-refractivity contribution is 7.17. The van der Waals surface area contributed by atoms with Gasteiger partial charge in [0.2, 0.25) is 5.88 Å². The van der Waals surface area contributed by atoms with Gasteiger partial charge in [0.25, 0.3) is 5.91 Å². The van der Waals surface area contributed by atoms with Crippen LogP contribution >= 0.6 is 11.3 Å². The highest BCUT2D eigenvalue weighted by Gasteiger charge is 2.40. The maximum absolute atomic E-state index is 14.9. The van der Waals surface area contributed by atoms with E-state index in [0.29, 0.717) is 0 Å². The zero-order chi connectivity index (χ0) is 24.7. The highest BCUT2D eigenvalue weighted by Crippen LogP contribution is 2.43. The fourth-order valence-electron chi connectivity index (χ4n) is 3.51. The summed E-state index contributed by atoms with van der Waals surface area (Å²) in [7, 11) is 1.36. The van der Waals surface area contributed by atoms with E-state index in [1.165, 1.54) is 24.3 Å². The van der Waals surface area contributed by atoms with Crippen LogP contribution in [0.25, 0.3) is 10.2 Å². The summed E-state index contributed by atoms with van der Waals surface area (Å²) in [5, 5.41) is 3.67. The second kappa shape index (κ2) is 8.96. The van der Waals surface area contributed by atoms with Crippen molar-refractivity contribution < 1.29 is 36.6 Å². The van der Waals surface area contributed by atoms with Crippen molar-refractivity contribution in [3.63, 3.8) is 0 Å². The molecular weight excluding hydrogens is 466 g/mol. The van der Waals surface area contributed by atoms with Crippen molar-refractivity contribution in [1.82, 2.24) is 15.2 Å². The SMILES string of the molecule is CNC(=O)c1csc2c(C(F)(F)F)c(C)c(OC3CCN(C(=O)OC(C)(C)C)CC3F)nc12. The molecule has 1 saturated heterocycles. The van der Waals surface area contributed by atoms with Crippen LogP contribution in [0.4, 0.5) is 22.4 Å². The number of rotatable bonds is 3. The summed E-state index contributed by atoms with van der Waals surface area (Å²) in [6, 6.07) is 0. The van der Waals surface area contributed by atoms with Crippen LogP contribution in [0.1, 0.15) is 48.7 Å². The van der Waals surface area contributed by atoms with Crippen molar-refractivity contribution in [3.8, 4) is 5.88 Å². The zero-order valence-corrected chi connectivity index (χ0v) is 19.6. The Hall–Kier alpha value is -2.63. The fourth-order valence-corrected chi connectivity index (χ4v) is 4.61. The third kappa shape index (κ3) is 5.31. The van der Waals surface area contributed by atoms with Crippen molar-refractivity contribution >= 4 is 33.6 Å². The molecule has 182 valence electrons. The van der Waals surface area contributed by atoms with Gasteiger partial charge in [-0.15, -0.1) is 11.3 Å². The van der Waals surface area contributed by atoms with Gasteiger partial charge < -0.3 is 19.7 Å². The number of hydrogen-bond acceptors (Lipinski definition) is 6. The molecule has 3 rings (SSSR count). The minimum Gasteiger partial charge on any atom is -0.471 e. The minimum atomic E-state index is -4.73. The second-order valence-electron chi connectivity index (χ2n) is 8.71. The summed E-state index contributed by atoms with van der Waals surface area (Å²) in [5.74, 6) is -0.984. The predicted octanol–water partition coefficient (Wildman–Crippen LogP) is 4.71. The van der Waals surface area contributed by atoms with Crippen molar-refractivity contribution in [2.45, 2.75) is 58.2 Å². The summed E-state index contributed by atoms with van der Waals surface area (Å²) >= 11 is 0.757. The van der Waals surface area contributed by atoms with Crippen LogP contribution in [-0.2, 0) is 10.9 Å². The molecule has 2 aromatic rings. The normalized spacial score (nSPS) is 19.5. The van der Waals surface area contributed by atoms with E-state index >= 15 is 0 Å². The van der Waals surface area contributed by atoms with Gasteiger partial charge in [-0.25, -0.2) is 14.2 Å². The van der Waals surface area contributed by atoms with Gasteiger partial charge in [0.1, 0.15) is 11.7 Å². The van der Waals surface area contributed by atoms with E-state index in [2.05, 4.69) is 10.3 Å². The van der Waals surface area contributed by atoms with Crippen molar-refractivity contribution in [2.24, 2.45) is 0 Å². The molecule has 1 aliphatic rings. The molecule has 3 heterocycles. The van der Waals surface area contributed by atoms with Crippen molar-refractivity contribution in [1.29, 1.82) is 0 Å². The molecule has 2 amide bonds. The van der Waals surface area contributed by atoms with E-state index in [-0.39, 0.29) is 40.9 Å². The van der Waals surface area contributed by atoms with Gasteiger partial charge in [0, 0.05) is 31.0 Å². The summed E-state index contributed by atoms with van der Waals surface area (Å²) in [6.07, 6.45) is -8.16. The van der Waals surface area contributed by atoms with Gasteiger partial charge in [-0.05, 0) is 27.7 Å². The maximum Gasteiger partial charge on any atom is 0.418 e. The predicted molar refractivity (Wildman–Crippen MR) is 114 cm³/mol. The molecule has 0 spiro atoms. The van der Waals surface area contributed by atoms with Gasteiger partial charge in [0.05, 0.1) is 27.9 Å². The van der Waals surface area contributed by atoms with Crippen molar-refractivity contribution in [2.75, 3.05) is 20.1 Å². The van der Waals surface area contributed by atoms with Crippen LogP contribution in [0.5, 0.6) is 5.88 Å². The first-order chi connectivity index (χ1) is 15.2. The third-order valence-corrected chi connectivity index (χ3v) is 6.04. The zero-order valence-electron chi connectivity index (χ0n) is 18.8. The molecule has 1 fully saturated rings. The molecule has 1 aliphatic heterocycles. The Morgan fingerprint density at radius 2 is 1.94 bits per heavy atom. The summed E-state index contributed by atoms with van der Waals surface area (Å²) in [6.45, 7) is 6.05. The minimum absolute atomic E-state index is 0.0237. The summed E-state index contributed by atoms with van der Waals surface area (Å²) in [4.78, 5) is 29.7. The van der Waals surface area contributed by atoms with E-state index in [0.717, 1.165) is 11.3 Å². The molecule has 7 nitrogen and oxygen atoms in total. The third-order valence-electron chi connectivity index (χ3n) is 5.05. The number of halogens is 4. The Bertz CT molecular complexity index is 1060. The monoisotopic (exact) mass is 491 g/mol. The van der Waals surface area contributed by atoms with Crippen LogP contribution in [0, 0.1) is 6.92 Å². The molecule has 2 unspecified atom stereocenters. The molecule has 2 aromatic heterocycles. The number of amides is 2. The Labute approximate surface area is 192 Å². The number of pyridine rings is 1. The summed E-state index contributed by atoms with van der Waals surface area (Å²) in [5.41, 5.74) is -2.19. The van der Waals surface area contributed by atoms with Crippen LogP contribution in [-0.4, -0.2) is 59.9 Å². The topological polar surface area (TPSA) is 80.8 Å². The number of nitrogens with one attached hydrogen (secondary N) is 1. The molecule has 33 heavy (non-hydrogen) atoms. The van der Waals surface area contributed by atoms with E-state index in [9.17, 15) is 27.2 Å². The van der Waals surface area contributed by atoms with Gasteiger partial charge in [-0.1, -0.05) is 0 Å². The van der Waals surface area contributed by atoms with Crippen LogP contribution < -0.4 is 10.1 Å². The molecule has 0 aromatic carbocycles. The van der Waals surface area contributed by atoms with E-state index in [1.54, 1.807) is 20.8 Å². The van der Waals surface area contributed by atoms with Crippen LogP contribution in [0.2, 0.25) is 0 Å². The average molecular weight is 492 g/mol. The molecule has 2 atom stereocenters. The lowest BCUT2D eigenvalue weighted by atomic mass is 10.1. The molecule has 0 bridgehead atoms. The molecule has 1 N–H and O–H groups in total. The average Bonchev–Trinajstić information content (AvgIpc) is 3.09. The number of carbonyl (C=O) groups excluding carboxylic acids is 2. The van der Waals surface area contributed by atoms with E-state index in [4.69, 9.17) is 9.47 Å². The smallest absolute Gasteiger partial charge is 0.418 e. The van der Waals surface area contributed by atoms with Crippen molar-refractivity contribution in [3.05, 3.63) is 22.1 Å². The lowest BCUT2D eigenvalue weighted by Crippen LogP contribution is -2.50. The first-order valence-electron chi connectivity index (χ1n) is 10.2. The first kappa shape index (κ1) is 25.0. The van der Waals surface area contributed by atoms with Gasteiger partial charge >= 0.3 is 12.3 Å². The maximum atomic E-state index is 14.9. The Morgan fingerprint density at radius 1 is 1.27 bits per heavy atom. The van der Waals surface area contributed by atoms with Gasteiger partial charge in [0.15, 0.2) is 6.17 Å². The van der Waals surface area contributed by atoms with E-state index in [1.807, 2.05) is 0 Å². The molecule has 12 heteroatoms. The number of thiophene rings is 1. The fraction of sp³-hybridized carbons (Fsp3) is 0.571. The number of likely N-dealkylation sites (tertiary alicyclic amines) is 1. The molecule has 0 saturated carbocycles. The number of alkyl halides is 4. The standard InChI is InChI=1S/C21H25F4N3O4S/c1-10-14(21(23,24)25)16-15(11(9-33-16)17(29)26-5)27-18(10)31-13-6-7-28(8-12(13)22)19(30)32-20(2,3)4/h9,12-13H,6-8H2,1-5H3,(H,26,29). The number of carbonyl (C=O) groups is 2. The summed E-state index contributed by atoms with van der Waals surface area (Å²) < 4.78 is 67.2. The number of fused-ring (bicyclic) bond motifs is 1. The number of nitrogens with zero attached hydrogens (tertiary/aromatic N) is 2. The van der Waals surface area contributed by atoms with E-state index < -0.39 is 47.5 Å². The van der Waals surface area contributed by atoms with Gasteiger partial charge in [-0.3, -0.25) is 4.79 Å². The number of hydrogen-bond donors (Lipinski definition) is 1. The quantitative estimate of drug-likeness (QED) is 0.629. The number of ether oxygens (including phenoxy) is 2. The lowest BCUT2D eigenvalue weighted by Gasteiger charge is -2.35. The lowest BCUT2D eigenvalue weighted by molar-refractivity contribution is -0.136. The molecule has 0 radical (unpaired) electrons. The molecular formula is C21H25F4N3O4S. The first-order valence-corrected chi connectivity index (χ1v) is 11.1. The Morgan fingerprint density at radius 3 is 2.48 bits per heavy atom. The highest BCUT2D eigenvalue weighted by atomic mass is 32.1. The molecule has 0 aliphatic carbocycles. The van der Waals surface area contributed by atoms with Crippen LogP contribution in [0.15, 0.2) is 5.38 Å². The Balaban J connectivity index is 1.91. The van der Waals surface area contributed by atoms with Gasteiger partial charge in [-0.2, -0.15) is 13.2 Å².